The van der Waals surface area contributed by atoms with E-state index in [4.69, 9.17) is 4.74 Å². The molecule has 0 radical (unpaired) electrons. The monoisotopic (exact) mass is 327 g/mol. The molecule has 1 atom stereocenters. The molecule has 19 heavy (non-hydrogen) atoms. The maximum absolute atomic E-state index is 11.2. The van der Waals surface area contributed by atoms with Crippen molar-refractivity contribution in [2.24, 2.45) is 0 Å². The largest absolute Gasteiger partial charge is 0.466 e. The number of esters is 1. The SMILES string of the molecule is CCOC(=O)CCCNC(CC)c1ccc(Br)cc1. The normalized spacial score (nSPS) is 12.2. The number of hydrogen-bond acceptors (Lipinski definition) is 3. The van der Waals surface area contributed by atoms with Crippen molar-refractivity contribution in [3.05, 3.63) is 34.3 Å². The molecule has 0 spiro atoms. The van der Waals surface area contributed by atoms with E-state index in [0.29, 0.717) is 19.1 Å². The lowest BCUT2D eigenvalue weighted by Gasteiger charge is -2.17. The van der Waals surface area contributed by atoms with Crippen LogP contribution in [0.5, 0.6) is 0 Å². The van der Waals surface area contributed by atoms with Crippen molar-refractivity contribution in [2.75, 3.05) is 13.2 Å². The number of benzene rings is 1. The van der Waals surface area contributed by atoms with Crippen molar-refractivity contribution in [3.63, 3.8) is 0 Å². The molecule has 0 fully saturated rings. The molecule has 0 aliphatic heterocycles. The Balaban J connectivity index is 2.33. The highest BCUT2D eigenvalue weighted by Crippen LogP contribution is 2.19. The molecule has 0 aliphatic rings. The van der Waals surface area contributed by atoms with Crippen molar-refractivity contribution < 1.29 is 9.53 Å². The number of hydrogen-bond donors (Lipinski definition) is 1. The number of ether oxygens (including phenoxy) is 1. The predicted molar refractivity (Wildman–Crippen MR) is 81.0 cm³/mol. The fraction of sp³-hybridized carbons (Fsp3) is 0.533. The smallest absolute Gasteiger partial charge is 0.305 e. The number of rotatable bonds is 8. The maximum Gasteiger partial charge on any atom is 0.305 e. The molecular formula is C15H22BrNO2. The first-order chi connectivity index (χ1) is 9.17. The maximum atomic E-state index is 11.2. The predicted octanol–water partition coefficient (Wildman–Crippen LogP) is 3.83. The van der Waals surface area contributed by atoms with Crippen LogP contribution in [0.25, 0.3) is 0 Å². The molecule has 0 aromatic heterocycles. The molecule has 106 valence electrons. The van der Waals surface area contributed by atoms with Gasteiger partial charge in [0.1, 0.15) is 0 Å². The van der Waals surface area contributed by atoms with E-state index in [2.05, 4.69) is 52.4 Å². The highest BCUT2D eigenvalue weighted by Gasteiger charge is 2.08. The minimum atomic E-state index is -0.110. The first kappa shape index (κ1) is 16.2. The highest BCUT2D eigenvalue weighted by atomic mass is 79.9. The van der Waals surface area contributed by atoms with Crippen molar-refractivity contribution in [1.82, 2.24) is 5.32 Å². The average molecular weight is 328 g/mol. The van der Waals surface area contributed by atoms with E-state index >= 15 is 0 Å². The third kappa shape index (κ3) is 6.21. The molecule has 1 unspecified atom stereocenters. The molecule has 0 saturated heterocycles. The minimum Gasteiger partial charge on any atom is -0.466 e. The van der Waals surface area contributed by atoms with Crippen molar-refractivity contribution in [1.29, 1.82) is 0 Å². The van der Waals surface area contributed by atoms with Crippen LogP contribution in [-0.4, -0.2) is 19.1 Å². The van der Waals surface area contributed by atoms with Gasteiger partial charge in [-0.1, -0.05) is 35.0 Å². The summed E-state index contributed by atoms with van der Waals surface area (Å²) in [5, 5.41) is 3.48. The molecule has 1 N–H and O–H groups in total. The summed E-state index contributed by atoms with van der Waals surface area (Å²) >= 11 is 3.44. The molecule has 0 bridgehead atoms. The first-order valence-electron chi connectivity index (χ1n) is 6.81. The van der Waals surface area contributed by atoms with Crippen molar-refractivity contribution >= 4 is 21.9 Å². The summed E-state index contributed by atoms with van der Waals surface area (Å²) in [6.45, 7) is 5.28. The van der Waals surface area contributed by atoms with Gasteiger partial charge in [-0.05, 0) is 44.0 Å². The van der Waals surface area contributed by atoms with E-state index in [-0.39, 0.29) is 5.97 Å². The molecule has 0 aliphatic carbocycles. The van der Waals surface area contributed by atoms with Gasteiger partial charge in [0.05, 0.1) is 6.61 Å². The van der Waals surface area contributed by atoms with Gasteiger partial charge in [0, 0.05) is 16.9 Å². The molecule has 3 nitrogen and oxygen atoms in total. The Morgan fingerprint density at radius 3 is 2.58 bits per heavy atom. The van der Waals surface area contributed by atoms with Crippen LogP contribution >= 0.6 is 15.9 Å². The molecule has 0 saturated carbocycles. The van der Waals surface area contributed by atoms with Gasteiger partial charge in [0.15, 0.2) is 0 Å². The Labute approximate surface area is 123 Å². The fourth-order valence-electron chi connectivity index (χ4n) is 1.94. The van der Waals surface area contributed by atoms with Crippen molar-refractivity contribution in [2.45, 2.75) is 39.2 Å². The second kappa shape index (κ2) is 9.10. The number of nitrogens with one attached hydrogen (secondary N) is 1. The van der Waals surface area contributed by atoms with Crippen LogP contribution in [0.4, 0.5) is 0 Å². The standard InChI is InChI=1S/C15H22BrNO2/c1-3-14(12-7-9-13(16)10-8-12)17-11-5-6-15(18)19-4-2/h7-10,14,17H,3-6,11H2,1-2H3. The Bertz CT molecular complexity index is 378. The molecule has 1 rings (SSSR count). The second-order valence-corrected chi connectivity index (χ2v) is 5.29. The van der Waals surface area contributed by atoms with Crippen LogP contribution in [0, 0.1) is 0 Å². The van der Waals surface area contributed by atoms with Gasteiger partial charge in [-0.3, -0.25) is 4.79 Å². The van der Waals surface area contributed by atoms with E-state index < -0.39 is 0 Å². The highest BCUT2D eigenvalue weighted by molar-refractivity contribution is 9.10. The molecule has 1 aromatic rings. The van der Waals surface area contributed by atoms with Gasteiger partial charge in [-0.2, -0.15) is 0 Å². The summed E-state index contributed by atoms with van der Waals surface area (Å²) in [6, 6.07) is 8.69. The van der Waals surface area contributed by atoms with E-state index in [9.17, 15) is 4.79 Å². The second-order valence-electron chi connectivity index (χ2n) is 4.38. The van der Waals surface area contributed by atoms with E-state index in [0.717, 1.165) is 23.9 Å². The topological polar surface area (TPSA) is 38.3 Å². The third-order valence-corrected chi connectivity index (χ3v) is 3.46. The fourth-order valence-corrected chi connectivity index (χ4v) is 2.20. The van der Waals surface area contributed by atoms with Gasteiger partial charge in [-0.25, -0.2) is 0 Å². The number of halogens is 1. The molecule has 0 heterocycles. The van der Waals surface area contributed by atoms with Crippen LogP contribution in [0.3, 0.4) is 0 Å². The van der Waals surface area contributed by atoms with Crippen LogP contribution < -0.4 is 5.32 Å². The van der Waals surface area contributed by atoms with E-state index in [1.54, 1.807) is 0 Å². The lowest BCUT2D eigenvalue weighted by Crippen LogP contribution is -2.22. The Morgan fingerprint density at radius 1 is 1.32 bits per heavy atom. The first-order valence-corrected chi connectivity index (χ1v) is 7.61. The third-order valence-electron chi connectivity index (χ3n) is 2.93. The number of carbonyl (C=O) groups excluding carboxylic acids is 1. The van der Waals surface area contributed by atoms with E-state index in [1.807, 2.05) is 6.92 Å². The minimum absolute atomic E-state index is 0.110. The van der Waals surface area contributed by atoms with Gasteiger partial charge >= 0.3 is 5.97 Å². The lowest BCUT2D eigenvalue weighted by molar-refractivity contribution is -0.143. The van der Waals surface area contributed by atoms with Gasteiger partial charge in [0.2, 0.25) is 0 Å². The Morgan fingerprint density at radius 2 is 2.00 bits per heavy atom. The average Bonchev–Trinajstić information content (AvgIpc) is 2.41. The van der Waals surface area contributed by atoms with Crippen LogP contribution in [0.1, 0.15) is 44.7 Å². The molecule has 1 aromatic carbocycles. The summed E-state index contributed by atoms with van der Waals surface area (Å²) in [7, 11) is 0. The van der Waals surface area contributed by atoms with E-state index in [1.165, 1.54) is 5.56 Å². The molecule has 0 amide bonds. The zero-order valence-electron chi connectivity index (χ0n) is 11.6. The van der Waals surface area contributed by atoms with Gasteiger partial charge in [0.25, 0.3) is 0 Å². The lowest BCUT2D eigenvalue weighted by atomic mass is 10.0. The number of carbonyl (C=O) groups is 1. The van der Waals surface area contributed by atoms with Crippen LogP contribution in [0.15, 0.2) is 28.7 Å². The summed E-state index contributed by atoms with van der Waals surface area (Å²) < 4.78 is 5.99. The van der Waals surface area contributed by atoms with Crippen molar-refractivity contribution in [3.8, 4) is 0 Å². The van der Waals surface area contributed by atoms with Crippen LogP contribution in [0.2, 0.25) is 0 Å². The summed E-state index contributed by atoms with van der Waals surface area (Å²) in [6.07, 6.45) is 2.32. The van der Waals surface area contributed by atoms with Gasteiger partial charge in [-0.15, -0.1) is 0 Å². The quantitative estimate of drug-likeness (QED) is 0.582. The summed E-state index contributed by atoms with van der Waals surface area (Å²) in [5.41, 5.74) is 1.28. The molecule has 4 heteroatoms. The zero-order valence-corrected chi connectivity index (χ0v) is 13.2. The Hall–Kier alpha value is -0.870. The molecular weight excluding hydrogens is 306 g/mol. The Kier molecular flexibility index (Phi) is 7.75. The summed E-state index contributed by atoms with van der Waals surface area (Å²) in [5.74, 6) is -0.110. The zero-order chi connectivity index (χ0) is 14.1. The van der Waals surface area contributed by atoms with Gasteiger partial charge < -0.3 is 10.1 Å². The van der Waals surface area contributed by atoms with Crippen LogP contribution in [-0.2, 0) is 9.53 Å². The summed E-state index contributed by atoms with van der Waals surface area (Å²) in [4.78, 5) is 11.2.